The molecule has 29 heavy (non-hydrogen) atoms. The average molecular weight is 398 g/mol. The highest BCUT2D eigenvalue weighted by atomic mass is 16.5. The van der Waals surface area contributed by atoms with Gasteiger partial charge in [0, 0.05) is 5.92 Å². The zero-order valence-electron chi connectivity index (χ0n) is 16.1. The van der Waals surface area contributed by atoms with Crippen molar-refractivity contribution in [1.82, 2.24) is 0 Å². The van der Waals surface area contributed by atoms with Crippen LogP contribution in [-0.4, -0.2) is 40.5 Å². The molecule has 152 valence electrons. The molecule has 1 aliphatic carbocycles. The highest BCUT2D eigenvalue weighted by molar-refractivity contribution is 6.02. The number of hydrogen-bond acceptors (Lipinski definition) is 7. The van der Waals surface area contributed by atoms with Gasteiger partial charge >= 0.3 is 11.9 Å². The molecular formula is C22H22O7. The molecule has 0 bridgehead atoms. The van der Waals surface area contributed by atoms with E-state index in [0.717, 1.165) is 0 Å². The SMILES string of the molecule is CCOC(=O)C1=Cc2cc(O)c(O)cc2[C@@H](c2ccc(O)cc2)[C@@H]1C(=O)OCC. The number of fused-ring (bicyclic) bond motifs is 1. The van der Waals surface area contributed by atoms with Crippen molar-refractivity contribution in [1.29, 1.82) is 0 Å². The van der Waals surface area contributed by atoms with Gasteiger partial charge in [-0.1, -0.05) is 12.1 Å². The Kier molecular flexibility index (Phi) is 5.77. The van der Waals surface area contributed by atoms with Crippen LogP contribution in [0.15, 0.2) is 42.0 Å². The topological polar surface area (TPSA) is 113 Å². The molecule has 2 atom stereocenters. The first-order valence-electron chi connectivity index (χ1n) is 9.27. The molecule has 0 aromatic heterocycles. The fourth-order valence-corrected chi connectivity index (χ4v) is 3.57. The van der Waals surface area contributed by atoms with E-state index in [4.69, 9.17) is 9.47 Å². The van der Waals surface area contributed by atoms with Gasteiger partial charge in [-0.15, -0.1) is 0 Å². The lowest BCUT2D eigenvalue weighted by atomic mass is 9.71. The number of benzene rings is 2. The van der Waals surface area contributed by atoms with Crippen LogP contribution in [0.2, 0.25) is 0 Å². The molecule has 0 radical (unpaired) electrons. The van der Waals surface area contributed by atoms with Crippen LogP contribution in [0.3, 0.4) is 0 Å². The number of carbonyl (C=O) groups is 2. The van der Waals surface area contributed by atoms with Gasteiger partial charge < -0.3 is 24.8 Å². The van der Waals surface area contributed by atoms with Gasteiger partial charge in [0.15, 0.2) is 11.5 Å². The summed E-state index contributed by atoms with van der Waals surface area (Å²) in [5.74, 6) is -3.62. The summed E-state index contributed by atoms with van der Waals surface area (Å²) in [6.07, 6.45) is 1.48. The first-order chi connectivity index (χ1) is 13.9. The predicted octanol–water partition coefficient (Wildman–Crippen LogP) is 3.07. The maximum Gasteiger partial charge on any atom is 0.334 e. The highest BCUT2D eigenvalue weighted by Gasteiger charge is 2.42. The normalized spacial score (nSPS) is 17.8. The van der Waals surface area contributed by atoms with Gasteiger partial charge in [0.05, 0.1) is 24.7 Å². The molecule has 0 spiro atoms. The number of phenols is 3. The number of rotatable bonds is 5. The third kappa shape index (κ3) is 3.89. The van der Waals surface area contributed by atoms with Crippen LogP contribution < -0.4 is 0 Å². The molecule has 0 aliphatic heterocycles. The number of carbonyl (C=O) groups excluding carboxylic acids is 2. The summed E-state index contributed by atoms with van der Waals surface area (Å²) in [6.45, 7) is 3.59. The first-order valence-corrected chi connectivity index (χ1v) is 9.27. The molecule has 0 amide bonds. The minimum Gasteiger partial charge on any atom is -0.508 e. The Morgan fingerprint density at radius 1 is 0.931 bits per heavy atom. The van der Waals surface area contributed by atoms with E-state index in [0.29, 0.717) is 16.7 Å². The van der Waals surface area contributed by atoms with Crippen LogP contribution in [0.5, 0.6) is 17.2 Å². The third-order valence-corrected chi connectivity index (χ3v) is 4.80. The lowest BCUT2D eigenvalue weighted by Crippen LogP contribution is -2.33. The second-order valence-electron chi connectivity index (χ2n) is 6.59. The summed E-state index contributed by atoms with van der Waals surface area (Å²) in [7, 11) is 0. The van der Waals surface area contributed by atoms with Crippen molar-refractivity contribution < 1.29 is 34.4 Å². The molecule has 2 aromatic rings. The van der Waals surface area contributed by atoms with Crippen LogP contribution in [-0.2, 0) is 19.1 Å². The smallest absolute Gasteiger partial charge is 0.334 e. The zero-order chi connectivity index (χ0) is 21.1. The lowest BCUT2D eigenvalue weighted by molar-refractivity contribution is -0.150. The Morgan fingerprint density at radius 3 is 2.17 bits per heavy atom. The molecule has 0 unspecified atom stereocenters. The maximum absolute atomic E-state index is 12.9. The van der Waals surface area contributed by atoms with Crippen LogP contribution in [0.1, 0.15) is 36.5 Å². The predicted molar refractivity (Wildman–Crippen MR) is 104 cm³/mol. The zero-order valence-corrected chi connectivity index (χ0v) is 16.1. The van der Waals surface area contributed by atoms with Crippen LogP contribution >= 0.6 is 0 Å². The Bertz CT molecular complexity index is 960. The molecule has 0 fully saturated rings. The van der Waals surface area contributed by atoms with Gasteiger partial charge in [-0.2, -0.15) is 0 Å². The molecule has 3 rings (SSSR count). The summed E-state index contributed by atoms with van der Waals surface area (Å²) in [4.78, 5) is 25.6. The van der Waals surface area contributed by atoms with E-state index in [1.165, 1.54) is 30.3 Å². The molecule has 2 aromatic carbocycles. The van der Waals surface area contributed by atoms with Crippen molar-refractivity contribution in [2.24, 2.45) is 5.92 Å². The van der Waals surface area contributed by atoms with Crippen molar-refractivity contribution in [2.45, 2.75) is 19.8 Å². The van der Waals surface area contributed by atoms with Gasteiger partial charge in [-0.25, -0.2) is 4.79 Å². The summed E-state index contributed by atoms with van der Waals surface area (Å²) >= 11 is 0. The van der Waals surface area contributed by atoms with E-state index in [2.05, 4.69) is 0 Å². The van der Waals surface area contributed by atoms with Crippen LogP contribution in [0.4, 0.5) is 0 Å². The Balaban J connectivity index is 2.27. The molecule has 0 saturated carbocycles. The minimum atomic E-state index is -1.02. The first kappa shape index (κ1) is 20.3. The quantitative estimate of drug-likeness (QED) is 0.524. The second kappa shape index (κ2) is 8.26. The largest absolute Gasteiger partial charge is 0.508 e. The number of aromatic hydroxyl groups is 3. The van der Waals surface area contributed by atoms with Gasteiger partial charge in [-0.3, -0.25) is 4.79 Å². The van der Waals surface area contributed by atoms with Crippen molar-refractivity contribution in [2.75, 3.05) is 13.2 Å². The number of esters is 2. The third-order valence-electron chi connectivity index (χ3n) is 4.80. The van der Waals surface area contributed by atoms with Crippen molar-refractivity contribution >= 4 is 18.0 Å². The van der Waals surface area contributed by atoms with Gasteiger partial charge in [0.1, 0.15) is 5.75 Å². The van der Waals surface area contributed by atoms with Crippen LogP contribution in [0.25, 0.3) is 6.08 Å². The van der Waals surface area contributed by atoms with Gasteiger partial charge in [0.2, 0.25) is 0 Å². The van der Waals surface area contributed by atoms with Gasteiger partial charge in [-0.05, 0) is 60.9 Å². The van der Waals surface area contributed by atoms with Crippen molar-refractivity contribution in [3.05, 3.63) is 58.7 Å². The highest BCUT2D eigenvalue weighted by Crippen LogP contribution is 2.46. The van der Waals surface area contributed by atoms with E-state index >= 15 is 0 Å². The minimum absolute atomic E-state index is 0.0483. The summed E-state index contributed by atoms with van der Waals surface area (Å²) < 4.78 is 10.4. The summed E-state index contributed by atoms with van der Waals surface area (Å²) in [6, 6.07) is 8.91. The van der Waals surface area contributed by atoms with Crippen molar-refractivity contribution in [3.8, 4) is 17.2 Å². The Hall–Kier alpha value is -3.48. The molecule has 7 nitrogen and oxygen atoms in total. The van der Waals surface area contributed by atoms with E-state index in [1.54, 1.807) is 26.0 Å². The summed E-state index contributed by atoms with van der Waals surface area (Å²) in [5.41, 5.74) is 1.74. The molecular weight excluding hydrogens is 376 g/mol. The summed E-state index contributed by atoms with van der Waals surface area (Å²) in [5, 5.41) is 29.6. The number of phenolic OH excluding ortho intramolecular Hbond substituents is 3. The van der Waals surface area contributed by atoms with E-state index in [-0.39, 0.29) is 36.0 Å². The lowest BCUT2D eigenvalue weighted by Gasteiger charge is -2.32. The molecule has 0 saturated heterocycles. The number of hydrogen-bond donors (Lipinski definition) is 3. The fraction of sp³-hybridized carbons (Fsp3) is 0.273. The van der Waals surface area contributed by atoms with E-state index in [1.807, 2.05) is 0 Å². The Labute approximate surface area is 167 Å². The molecule has 1 aliphatic rings. The monoisotopic (exact) mass is 398 g/mol. The Morgan fingerprint density at radius 2 is 1.55 bits per heavy atom. The van der Waals surface area contributed by atoms with E-state index < -0.39 is 23.8 Å². The van der Waals surface area contributed by atoms with E-state index in [9.17, 15) is 24.9 Å². The molecule has 3 N–H and O–H groups in total. The average Bonchev–Trinajstić information content (AvgIpc) is 2.69. The van der Waals surface area contributed by atoms with Crippen molar-refractivity contribution in [3.63, 3.8) is 0 Å². The molecule has 7 heteroatoms. The fourth-order valence-electron chi connectivity index (χ4n) is 3.57. The maximum atomic E-state index is 12.9. The second-order valence-corrected chi connectivity index (χ2v) is 6.59. The molecule has 0 heterocycles. The van der Waals surface area contributed by atoms with Crippen LogP contribution in [0, 0.1) is 5.92 Å². The standard InChI is InChI=1S/C22H22O7/c1-3-28-21(26)16-9-13-10-17(24)18(25)11-15(13)19(20(16)22(27)29-4-2)12-5-7-14(23)8-6-12/h5-11,19-20,23-25H,3-4H2,1-2H3/t19-,20-/m1/s1. The number of ether oxygens (including phenoxy) is 2. The van der Waals surface area contributed by atoms with Gasteiger partial charge in [0.25, 0.3) is 0 Å².